The van der Waals surface area contributed by atoms with E-state index in [1.807, 2.05) is 65.6 Å². The topological polar surface area (TPSA) is 71.1 Å². The molecule has 4 rings (SSSR count). The molecule has 0 bridgehead atoms. The molecule has 0 aliphatic rings. The van der Waals surface area contributed by atoms with Gasteiger partial charge in [-0.25, -0.2) is 4.79 Å². The predicted molar refractivity (Wildman–Crippen MR) is 167 cm³/mol. The van der Waals surface area contributed by atoms with E-state index >= 15 is 0 Å². The number of methoxy groups -OCH3 is 2. The van der Waals surface area contributed by atoms with Crippen molar-refractivity contribution in [3.63, 3.8) is 0 Å². The number of ether oxygens (including phenoxy) is 2. The summed E-state index contributed by atoms with van der Waals surface area (Å²) in [6.07, 6.45) is 2.38. The van der Waals surface area contributed by atoms with Crippen LogP contribution in [0, 0.1) is 6.92 Å². The van der Waals surface area contributed by atoms with E-state index < -0.39 is 0 Å². The fourth-order valence-electron chi connectivity index (χ4n) is 4.74. The Labute approximate surface area is 246 Å². The second-order valence-corrected chi connectivity index (χ2v) is 11.4. The summed E-state index contributed by atoms with van der Waals surface area (Å²) in [6.45, 7) is 5.66. The molecule has 0 atom stereocenters. The summed E-state index contributed by atoms with van der Waals surface area (Å²) in [5.41, 5.74) is 1.78. The number of unbranched alkanes of at least 4 members (excludes halogenated alkanes) is 1. The lowest BCUT2D eigenvalue weighted by molar-refractivity contribution is -0.132. The van der Waals surface area contributed by atoms with E-state index in [1.54, 1.807) is 30.5 Å². The van der Waals surface area contributed by atoms with Crippen molar-refractivity contribution in [2.45, 2.75) is 39.7 Å². The maximum atomic E-state index is 13.8. The number of nitrogens with one attached hydrogen (secondary N) is 1. The van der Waals surface area contributed by atoms with Gasteiger partial charge in [0.15, 0.2) is 11.5 Å². The Morgan fingerprint density at radius 3 is 2.39 bits per heavy atom. The highest BCUT2D eigenvalue weighted by Crippen LogP contribution is 2.28. The lowest BCUT2D eigenvalue weighted by Gasteiger charge is -2.28. The molecule has 0 spiro atoms. The number of aryl methyl sites for hydroxylation is 1. The van der Waals surface area contributed by atoms with Gasteiger partial charge < -0.3 is 24.6 Å². The van der Waals surface area contributed by atoms with Crippen LogP contribution in [-0.4, -0.2) is 55.6 Å². The molecular formula is C33H39N3O4S. The Hall–Kier alpha value is -4.04. The van der Waals surface area contributed by atoms with Crippen LogP contribution in [0.1, 0.15) is 35.1 Å². The fraction of sp³-hybridized carbons (Fsp3) is 0.333. The molecule has 0 saturated carbocycles. The van der Waals surface area contributed by atoms with Crippen LogP contribution in [0.15, 0.2) is 72.8 Å². The molecule has 3 amide bonds. The van der Waals surface area contributed by atoms with Crippen LogP contribution in [0.3, 0.4) is 0 Å². The van der Waals surface area contributed by atoms with Crippen molar-refractivity contribution in [2.75, 3.05) is 39.2 Å². The Morgan fingerprint density at radius 2 is 1.66 bits per heavy atom. The number of amides is 3. The molecule has 1 aromatic heterocycles. The standard InChI is InChI=1S/C33H39N3O4S/c1-5-6-19-36(33(38)34-29-13-9-11-26-10-7-8-12-28(26)29)23-32(37)35(22-27-16-14-24(2)41-27)20-18-25-15-17-30(39-3)31(21-25)40-4/h7-17,21H,5-6,18-20,22-23H2,1-4H3,(H,34,38). The van der Waals surface area contributed by atoms with Crippen molar-refractivity contribution in [3.8, 4) is 11.5 Å². The van der Waals surface area contributed by atoms with Crippen molar-refractivity contribution < 1.29 is 19.1 Å². The Balaban J connectivity index is 1.51. The van der Waals surface area contributed by atoms with E-state index in [1.165, 1.54) is 4.88 Å². The summed E-state index contributed by atoms with van der Waals surface area (Å²) in [6, 6.07) is 23.5. The normalized spacial score (nSPS) is 10.8. The van der Waals surface area contributed by atoms with Crippen LogP contribution < -0.4 is 14.8 Å². The summed E-state index contributed by atoms with van der Waals surface area (Å²) < 4.78 is 10.8. The number of hydrogen-bond donors (Lipinski definition) is 1. The maximum absolute atomic E-state index is 13.8. The van der Waals surface area contributed by atoms with Crippen LogP contribution in [0.25, 0.3) is 10.8 Å². The van der Waals surface area contributed by atoms with Crippen LogP contribution in [0.4, 0.5) is 10.5 Å². The molecule has 41 heavy (non-hydrogen) atoms. The van der Waals surface area contributed by atoms with E-state index in [0.29, 0.717) is 37.6 Å². The highest BCUT2D eigenvalue weighted by atomic mass is 32.1. The van der Waals surface area contributed by atoms with Crippen LogP contribution in [-0.2, 0) is 17.8 Å². The number of fused-ring (bicyclic) bond motifs is 1. The van der Waals surface area contributed by atoms with Gasteiger partial charge in [0.2, 0.25) is 5.91 Å². The minimum atomic E-state index is -0.269. The Bertz CT molecular complexity index is 1460. The predicted octanol–water partition coefficient (Wildman–Crippen LogP) is 7.13. The molecule has 216 valence electrons. The number of carbonyl (C=O) groups is 2. The minimum Gasteiger partial charge on any atom is -0.493 e. The first-order valence-electron chi connectivity index (χ1n) is 14.0. The van der Waals surface area contributed by atoms with Gasteiger partial charge in [0.05, 0.1) is 26.5 Å². The monoisotopic (exact) mass is 573 g/mol. The van der Waals surface area contributed by atoms with Gasteiger partial charge in [-0.05, 0) is 61.0 Å². The summed E-state index contributed by atoms with van der Waals surface area (Å²) in [7, 11) is 3.23. The van der Waals surface area contributed by atoms with Crippen LogP contribution in [0.5, 0.6) is 11.5 Å². The summed E-state index contributed by atoms with van der Waals surface area (Å²) in [5, 5.41) is 5.08. The Kier molecular flexibility index (Phi) is 10.6. The SMILES string of the molecule is CCCCN(CC(=O)N(CCc1ccc(OC)c(OC)c1)Cc1ccc(C)s1)C(=O)Nc1cccc2ccccc12. The highest BCUT2D eigenvalue weighted by molar-refractivity contribution is 7.11. The highest BCUT2D eigenvalue weighted by Gasteiger charge is 2.22. The zero-order valence-corrected chi connectivity index (χ0v) is 25.1. The van der Waals surface area contributed by atoms with Crippen molar-refractivity contribution in [1.82, 2.24) is 9.80 Å². The molecule has 0 aliphatic carbocycles. The first-order valence-corrected chi connectivity index (χ1v) is 14.8. The van der Waals surface area contributed by atoms with E-state index in [0.717, 1.165) is 39.7 Å². The number of anilines is 1. The van der Waals surface area contributed by atoms with Crippen LogP contribution in [0.2, 0.25) is 0 Å². The second-order valence-electron chi connectivity index (χ2n) is 10.00. The molecule has 0 unspecified atom stereocenters. The van der Waals surface area contributed by atoms with Crippen LogP contribution >= 0.6 is 11.3 Å². The van der Waals surface area contributed by atoms with Gasteiger partial charge in [-0.2, -0.15) is 0 Å². The van der Waals surface area contributed by atoms with Crippen molar-refractivity contribution >= 4 is 39.7 Å². The first kappa shape index (κ1) is 29.9. The van der Waals surface area contributed by atoms with Gasteiger partial charge in [-0.15, -0.1) is 11.3 Å². The van der Waals surface area contributed by atoms with E-state index in [2.05, 4.69) is 31.3 Å². The number of carbonyl (C=O) groups excluding carboxylic acids is 2. The van der Waals surface area contributed by atoms with Gasteiger partial charge in [0.1, 0.15) is 6.54 Å². The van der Waals surface area contributed by atoms with Gasteiger partial charge in [-0.3, -0.25) is 4.79 Å². The number of nitrogens with zero attached hydrogens (tertiary/aromatic N) is 2. The third-order valence-electron chi connectivity index (χ3n) is 7.04. The Morgan fingerprint density at radius 1 is 0.878 bits per heavy atom. The molecule has 0 radical (unpaired) electrons. The molecule has 3 aromatic carbocycles. The van der Waals surface area contributed by atoms with Gasteiger partial charge >= 0.3 is 6.03 Å². The molecule has 0 aliphatic heterocycles. The summed E-state index contributed by atoms with van der Waals surface area (Å²) in [4.78, 5) is 33.1. The number of urea groups is 1. The number of thiophene rings is 1. The zero-order chi connectivity index (χ0) is 29.2. The lowest BCUT2D eigenvalue weighted by Crippen LogP contribution is -2.45. The third kappa shape index (κ3) is 8.01. The van der Waals surface area contributed by atoms with Crippen molar-refractivity contribution in [3.05, 3.63) is 88.1 Å². The summed E-state index contributed by atoms with van der Waals surface area (Å²) in [5.74, 6) is 1.25. The molecule has 0 saturated heterocycles. The molecule has 1 N–H and O–H groups in total. The van der Waals surface area contributed by atoms with Gasteiger partial charge in [0.25, 0.3) is 0 Å². The molecule has 0 fully saturated rings. The largest absolute Gasteiger partial charge is 0.493 e. The maximum Gasteiger partial charge on any atom is 0.322 e. The zero-order valence-electron chi connectivity index (χ0n) is 24.3. The van der Waals surface area contributed by atoms with Gasteiger partial charge in [-0.1, -0.05) is 55.8 Å². The quantitative estimate of drug-likeness (QED) is 0.185. The molecular weight excluding hydrogens is 534 g/mol. The third-order valence-corrected chi connectivity index (χ3v) is 8.03. The average molecular weight is 574 g/mol. The fourth-order valence-corrected chi connectivity index (χ4v) is 5.65. The molecule has 8 heteroatoms. The summed E-state index contributed by atoms with van der Waals surface area (Å²) >= 11 is 1.68. The number of hydrogen-bond acceptors (Lipinski definition) is 5. The first-order chi connectivity index (χ1) is 19.9. The molecule has 7 nitrogen and oxygen atoms in total. The number of rotatable bonds is 13. The average Bonchev–Trinajstić information content (AvgIpc) is 3.41. The van der Waals surface area contributed by atoms with Gasteiger partial charge in [0, 0.05) is 28.2 Å². The van der Waals surface area contributed by atoms with Crippen molar-refractivity contribution in [2.24, 2.45) is 0 Å². The second kappa shape index (κ2) is 14.6. The molecule has 1 heterocycles. The smallest absolute Gasteiger partial charge is 0.322 e. The lowest BCUT2D eigenvalue weighted by atomic mass is 10.1. The van der Waals surface area contributed by atoms with Crippen molar-refractivity contribution in [1.29, 1.82) is 0 Å². The number of benzene rings is 3. The van der Waals surface area contributed by atoms with E-state index in [9.17, 15) is 9.59 Å². The van der Waals surface area contributed by atoms with E-state index in [-0.39, 0.29) is 18.5 Å². The molecule has 4 aromatic rings. The van der Waals surface area contributed by atoms with E-state index in [4.69, 9.17) is 9.47 Å². The minimum absolute atomic E-state index is 0.00684.